The smallest absolute Gasteiger partial charge is 0.220 e. The van der Waals surface area contributed by atoms with Crippen LogP contribution in [0.25, 0.3) is 0 Å². The van der Waals surface area contributed by atoms with Gasteiger partial charge in [-0.25, -0.2) is 0 Å². The van der Waals surface area contributed by atoms with Crippen molar-refractivity contribution in [2.45, 2.75) is 40.0 Å². The first-order valence-corrected chi connectivity index (χ1v) is 5.56. The number of hydrogen-bond donors (Lipinski definition) is 2. The highest BCUT2D eigenvalue weighted by atomic mass is 16.1. The van der Waals surface area contributed by atoms with Crippen LogP contribution >= 0.6 is 0 Å². The molecule has 0 rings (SSSR count). The van der Waals surface area contributed by atoms with E-state index in [1.807, 2.05) is 6.92 Å². The van der Waals surface area contributed by atoms with E-state index in [1.165, 1.54) is 0 Å². The fourth-order valence-electron chi connectivity index (χ4n) is 1.35. The van der Waals surface area contributed by atoms with E-state index >= 15 is 0 Å². The van der Waals surface area contributed by atoms with E-state index in [4.69, 9.17) is 5.73 Å². The molecule has 3 N–H and O–H groups in total. The predicted octanol–water partition coefficient (Wildman–Crippen LogP) is 1.52. The van der Waals surface area contributed by atoms with Crippen LogP contribution in [0.4, 0.5) is 0 Å². The van der Waals surface area contributed by atoms with Crippen LogP contribution < -0.4 is 11.1 Å². The van der Waals surface area contributed by atoms with E-state index in [9.17, 15) is 4.79 Å². The van der Waals surface area contributed by atoms with E-state index in [1.54, 1.807) is 0 Å². The Labute approximate surface area is 87.4 Å². The van der Waals surface area contributed by atoms with Crippen molar-refractivity contribution in [2.24, 2.45) is 17.6 Å². The SMILES string of the molecule is CCCC(C)CC(=O)NCC(C)CN. The van der Waals surface area contributed by atoms with Crippen LogP contribution in [0.1, 0.15) is 40.0 Å². The summed E-state index contributed by atoms with van der Waals surface area (Å²) in [5.74, 6) is 1.03. The van der Waals surface area contributed by atoms with Crippen LogP contribution in [0.5, 0.6) is 0 Å². The van der Waals surface area contributed by atoms with Crippen molar-refractivity contribution in [2.75, 3.05) is 13.1 Å². The summed E-state index contributed by atoms with van der Waals surface area (Å²) in [6, 6.07) is 0. The molecule has 0 spiro atoms. The minimum atomic E-state index is 0.159. The first kappa shape index (κ1) is 13.4. The quantitative estimate of drug-likeness (QED) is 0.654. The van der Waals surface area contributed by atoms with Gasteiger partial charge in [0.15, 0.2) is 0 Å². The van der Waals surface area contributed by atoms with Gasteiger partial charge in [0, 0.05) is 13.0 Å². The molecular weight excluding hydrogens is 176 g/mol. The van der Waals surface area contributed by atoms with Gasteiger partial charge >= 0.3 is 0 Å². The van der Waals surface area contributed by atoms with Gasteiger partial charge in [-0.15, -0.1) is 0 Å². The third kappa shape index (κ3) is 6.89. The van der Waals surface area contributed by atoms with Gasteiger partial charge < -0.3 is 11.1 Å². The molecule has 0 aromatic rings. The first-order chi connectivity index (χ1) is 6.60. The second kappa shape index (κ2) is 7.80. The van der Waals surface area contributed by atoms with Crippen molar-refractivity contribution in [3.63, 3.8) is 0 Å². The third-order valence-electron chi connectivity index (χ3n) is 2.37. The van der Waals surface area contributed by atoms with Crippen molar-refractivity contribution < 1.29 is 4.79 Å². The lowest BCUT2D eigenvalue weighted by atomic mass is 10.0. The number of hydrogen-bond acceptors (Lipinski definition) is 2. The first-order valence-electron chi connectivity index (χ1n) is 5.56. The van der Waals surface area contributed by atoms with Crippen LogP contribution in [0.2, 0.25) is 0 Å². The maximum Gasteiger partial charge on any atom is 0.220 e. The monoisotopic (exact) mass is 200 g/mol. The average molecular weight is 200 g/mol. The molecule has 0 bridgehead atoms. The van der Waals surface area contributed by atoms with Gasteiger partial charge in [0.1, 0.15) is 0 Å². The van der Waals surface area contributed by atoms with Gasteiger partial charge in [0.05, 0.1) is 0 Å². The Morgan fingerprint density at radius 1 is 1.36 bits per heavy atom. The van der Waals surface area contributed by atoms with Crippen LogP contribution in [0.3, 0.4) is 0 Å². The molecular formula is C11H24N2O. The molecule has 0 aliphatic rings. The molecule has 0 heterocycles. The molecule has 2 unspecified atom stereocenters. The zero-order valence-corrected chi connectivity index (χ0v) is 9.68. The number of nitrogens with two attached hydrogens (primary N) is 1. The highest BCUT2D eigenvalue weighted by molar-refractivity contribution is 5.76. The number of amides is 1. The highest BCUT2D eigenvalue weighted by Crippen LogP contribution is 2.09. The molecule has 0 aliphatic heterocycles. The van der Waals surface area contributed by atoms with Crippen molar-refractivity contribution in [3.05, 3.63) is 0 Å². The van der Waals surface area contributed by atoms with Crippen LogP contribution in [-0.2, 0) is 4.79 Å². The van der Waals surface area contributed by atoms with Crippen molar-refractivity contribution in [1.29, 1.82) is 0 Å². The molecule has 3 heteroatoms. The summed E-state index contributed by atoms with van der Waals surface area (Å²) in [6.45, 7) is 7.63. The molecule has 0 aliphatic carbocycles. The standard InChI is InChI=1S/C11H24N2O/c1-4-5-9(2)6-11(14)13-8-10(3)7-12/h9-10H,4-8,12H2,1-3H3,(H,13,14). The lowest BCUT2D eigenvalue weighted by Gasteiger charge is -2.12. The zero-order chi connectivity index (χ0) is 11.0. The van der Waals surface area contributed by atoms with Gasteiger partial charge in [-0.1, -0.05) is 33.6 Å². The summed E-state index contributed by atoms with van der Waals surface area (Å²) in [5, 5.41) is 2.90. The summed E-state index contributed by atoms with van der Waals surface area (Å²) in [5.41, 5.74) is 5.46. The van der Waals surface area contributed by atoms with Crippen LogP contribution in [-0.4, -0.2) is 19.0 Å². The summed E-state index contributed by atoms with van der Waals surface area (Å²) < 4.78 is 0. The molecule has 0 saturated carbocycles. The molecule has 3 nitrogen and oxygen atoms in total. The van der Waals surface area contributed by atoms with E-state index in [2.05, 4.69) is 19.2 Å². The normalized spacial score (nSPS) is 14.9. The van der Waals surface area contributed by atoms with Gasteiger partial charge in [-0.2, -0.15) is 0 Å². The van der Waals surface area contributed by atoms with E-state index in [0.29, 0.717) is 31.3 Å². The average Bonchev–Trinajstić information content (AvgIpc) is 2.14. The largest absolute Gasteiger partial charge is 0.356 e. The molecule has 0 aromatic carbocycles. The Bertz CT molecular complexity index is 159. The fourth-order valence-corrected chi connectivity index (χ4v) is 1.35. The summed E-state index contributed by atoms with van der Waals surface area (Å²) in [7, 11) is 0. The molecule has 0 radical (unpaired) electrons. The topological polar surface area (TPSA) is 55.1 Å². The second-order valence-electron chi connectivity index (χ2n) is 4.24. The minimum absolute atomic E-state index is 0.159. The lowest BCUT2D eigenvalue weighted by Crippen LogP contribution is -2.32. The Morgan fingerprint density at radius 3 is 2.50 bits per heavy atom. The molecule has 0 aromatic heterocycles. The maximum atomic E-state index is 11.4. The molecule has 84 valence electrons. The van der Waals surface area contributed by atoms with Crippen molar-refractivity contribution in [3.8, 4) is 0 Å². The zero-order valence-electron chi connectivity index (χ0n) is 9.68. The summed E-state index contributed by atoms with van der Waals surface area (Å²) in [4.78, 5) is 11.4. The minimum Gasteiger partial charge on any atom is -0.356 e. The molecule has 1 amide bonds. The summed E-state index contributed by atoms with van der Waals surface area (Å²) >= 11 is 0. The van der Waals surface area contributed by atoms with Gasteiger partial charge in [-0.3, -0.25) is 4.79 Å². The van der Waals surface area contributed by atoms with E-state index in [0.717, 1.165) is 12.8 Å². The third-order valence-corrected chi connectivity index (χ3v) is 2.37. The molecule has 14 heavy (non-hydrogen) atoms. The van der Waals surface area contributed by atoms with Crippen LogP contribution in [0, 0.1) is 11.8 Å². The fraction of sp³-hybridized carbons (Fsp3) is 0.909. The number of rotatable bonds is 7. The Morgan fingerprint density at radius 2 is 2.00 bits per heavy atom. The molecule has 0 saturated heterocycles. The predicted molar refractivity (Wildman–Crippen MR) is 59.9 cm³/mol. The van der Waals surface area contributed by atoms with Gasteiger partial charge in [0.25, 0.3) is 0 Å². The van der Waals surface area contributed by atoms with E-state index < -0.39 is 0 Å². The van der Waals surface area contributed by atoms with Gasteiger partial charge in [-0.05, 0) is 18.4 Å². The van der Waals surface area contributed by atoms with Gasteiger partial charge in [0.2, 0.25) is 5.91 Å². The molecule has 2 atom stereocenters. The Kier molecular flexibility index (Phi) is 7.48. The second-order valence-corrected chi connectivity index (χ2v) is 4.24. The van der Waals surface area contributed by atoms with Crippen molar-refractivity contribution in [1.82, 2.24) is 5.32 Å². The van der Waals surface area contributed by atoms with Crippen LogP contribution in [0.15, 0.2) is 0 Å². The lowest BCUT2D eigenvalue weighted by molar-refractivity contribution is -0.122. The summed E-state index contributed by atoms with van der Waals surface area (Å²) in [6.07, 6.45) is 2.92. The number of carbonyl (C=O) groups excluding carboxylic acids is 1. The maximum absolute atomic E-state index is 11.4. The van der Waals surface area contributed by atoms with Crippen molar-refractivity contribution >= 4 is 5.91 Å². The number of carbonyl (C=O) groups is 1. The molecule has 0 fully saturated rings. The van der Waals surface area contributed by atoms with E-state index in [-0.39, 0.29) is 5.91 Å². The Hall–Kier alpha value is -0.570. The number of nitrogens with one attached hydrogen (secondary N) is 1. The Balaban J connectivity index is 3.54. The highest BCUT2D eigenvalue weighted by Gasteiger charge is 2.08.